The minimum absolute atomic E-state index is 0.132. The van der Waals surface area contributed by atoms with Crippen molar-refractivity contribution in [3.8, 4) is 0 Å². The summed E-state index contributed by atoms with van der Waals surface area (Å²) in [4.78, 5) is 0. The number of rotatable bonds is 3. The molecule has 0 aromatic heterocycles. The van der Waals surface area contributed by atoms with Gasteiger partial charge < -0.3 is 5.32 Å². The molecule has 0 aliphatic heterocycles. The van der Waals surface area contributed by atoms with E-state index in [0.717, 1.165) is 11.3 Å². The predicted molar refractivity (Wildman–Crippen MR) is 67.5 cm³/mol. The van der Waals surface area contributed by atoms with Gasteiger partial charge in [0.1, 0.15) is 0 Å². The van der Waals surface area contributed by atoms with Gasteiger partial charge in [0.2, 0.25) is 0 Å². The molecule has 1 unspecified atom stereocenters. The smallest absolute Gasteiger partial charge is 0.0407 e. The summed E-state index contributed by atoms with van der Waals surface area (Å²) in [6.45, 7) is 10.6. The van der Waals surface area contributed by atoms with Gasteiger partial charge in [-0.2, -0.15) is 0 Å². The Labute approximate surface area is 93.3 Å². The van der Waals surface area contributed by atoms with Crippen LogP contribution in [-0.4, -0.2) is 7.05 Å². The van der Waals surface area contributed by atoms with E-state index < -0.39 is 0 Å². The van der Waals surface area contributed by atoms with E-state index in [2.05, 4.69) is 57.0 Å². The molecule has 82 valence electrons. The van der Waals surface area contributed by atoms with E-state index in [9.17, 15) is 0 Å². The largest absolute Gasteiger partial charge is 0.388 e. The summed E-state index contributed by atoms with van der Waals surface area (Å²) >= 11 is 0. The molecule has 0 bridgehead atoms. The lowest BCUT2D eigenvalue weighted by molar-refractivity contribution is 0.383. The van der Waals surface area contributed by atoms with E-state index in [1.165, 1.54) is 0 Å². The monoisotopic (exact) mass is 203 g/mol. The molecule has 0 spiro atoms. The quantitative estimate of drug-likeness (QED) is 0.741. The Bertz CT molecular complexity index is 331. The van der Waals surface area contributed by atoms with E-state index in [4.69, 9.17) is 0 Å². The van der Waals surface area contributed by atoms with Crippen molar-refractivity contribution in [2.45, 2.75) is 20.8 Å². The third-order valence-corrected chi connectivity index (χ3v) is 3.28. The molecule has 0 radical (unpaired) electrons. The molecule has 1 N–H and O–H groups in total. The topological polar surface area (TPSA) is 12.0 Å². The molecule has 0 amide bonds. The highest BCUT2D eigenvalue weighted by atomic mass is 14.8. The van der Waals surface area contributed by atoms with E-state index in [0.29, 0.717) is 5.92 Å². The first-order chi connectivity index (χ1) is 7.03. The minimum atomic E-state index is 0.132. The number of hydrogen-bond donors (Lipinski definition) is 1. The fourth-order valence-corrected chi connectivity index (χ4v) is 1.56. The Morgan fingerprint density at radius 1 is 1.33 bits per heavy atom. The van der Waals surface area contributed by atoms with Crippen LogP contribution in [0.5, 0.6) is 0 Å². The molecule has 1 rings (SSSR count). The van der Waals surface area contributed by atoms with E-state index in [-0.39, 0.29) is 5.41 Å². The van der Waals surface area contributed by atoms with Gasteiger partial charge in [-0.05, 0) is 17.6 Å². The van der Waals surface area contributed by atoms with Gasteiger partial charge in [-0.25, -0.2) is 0 Å². The fourth-order valence-electron chi connectivity index (χ4n) is 1.56. The van der Waals surface area contributed by atoms with Crippen LogP contribution in [0.1, 0.15) is 20.8 Å². The van der Waals surface area contributed by atoms with Gasteiger partial charge in [0.05, 0.1) is 0 Å². The molecule has 1 heteroatoms. The molecule has 0 fully saturated rings. The first-order valence-corrected chi connectivity index (χ1v) is 5.46. The molecular weight excluding hydrogens is 182 g/mol. The highest BCUT2D eigenvalue weighted by Crippen LogP contribution is 2.33. The third kappa shape index (κ3) is 2.41. The Morgan fingerprint density at radius 2 is 1.93 bits per heavy atom. The summed E-state index contributed by atoms with van der Waals surface area (Å²) in [5.74, 6) is 0.590. The molecule has 0 saturated heterocycles. The Kier molecular flexibility index (Phi) is 3.57. The number of nitrogens with one attached hydrogen (secondary N) is 1. The maximum absolute atomic E-state index is 3.83. The molecule has 15 heavy (non-hydrogen) atoms. The van der Waals surface area contributed by atoms with Crippen LogP contribution < -0.4 is 5.32 Å². The summed E-state index contributed by atoms with van der Waals surface area (Å²) in [5.41, 5.74) is 2.41. The zero-order valence-electron chi connectivity index (χ0n) is 10.2. The van der Waals surface area contributed by atoms with E-state index >= 15 is 0 Å². The van der Waals surface area contributed by atoms with Crippen LogP contribution in [0.15, 0.2) is 48.2 Å². The Balaban J connectivity index is 3.11. The van der Waals surface area contributed by atoms with Gasteiger partial charge in [0.15, 0.2) is 0 Å². The first-order valence-electron chi connectivity index (χ1n) is 5.46. The van der Waals surface area contributed by atoms with Crippen molar-refractivity contribution >= 4 is 0 Å². The third-order valence-electron chi connectivity index (χ3n) is 3.28. The van der Waals surface area contributed by atoms with Gasteiger partial charge in [0.25, 0.3) is 0 Å². The second-order valence-electron chi connectivity index (χ2n) is 4.51. The lowest BCUT2D eigenvalue weighted by atomic mass is 9.79. The average Bonchev–Trinajstić information content (AvgIpc) is 2.38. The van der Waals surface area contributed by atoms with Gasteiger partial charge in [-0.15, -0.1) is 0 Å². The van der Waals surface area contributed by atoms with Crippen molar-refractivity contribution in [2.24, 2.45) is 11.3 Å². The molecular formula is C14H21N. The van der Waals surface area contributed by atoms with Gasteiger partial charge in [-0.3, -0.25) is 0 Å². The SMILES string of the molecule is C=CC1=C(NC)C=CC(C)(C(C)C)C=C1. The summed E-state index contributed by atoms with van der Waals surface area (Å²) in [6.07, 6.45) is 10.7. The maximum Gasteiger partial charge on any atom is 0.0407 e. The van der Waals surface area contributed by atoms with Gasteiger partial charge in [-0.1, -0.05) is 51.7 Å². The molecule has 1 aliphatic carbocycles. The Hall–Kier alpha value is -1.24. The average molecular weight is 203 g/mol. The zero-order chi connectivity index (χ0) is 11.5. The molecule has 1 nitrogen and oxygen atoms in total. The standard InChI is InChI=1S/C14H21N/c1-6-12-7-9-14(4,11(2)3)10-8-13(12)15-5/h6-11,15H,1H2,2-5H3. The number of hydrogen-bond acceptors (Lipinski definition) is 1. The van der Waals surface area contributed by atoms with Crippen molar-refractivity contribution in [3.63, 3.8) is 0 Å². The minimum Gasteiger partial charge on any atom is -0.388 e. The van der Waals surface area contributed by atoms with Crippen LogP contribution in [0.25, 0.3) is 0 Å². The summed E-state index contributed by atoms with van der Waals surface area (Å²) in [6, 6.07) is 0. The summed E-state index contributed by atoms with van der Waals surface area (Å²) in [5, 5.41) is 3.19. The van der Waals surface area contributed by atoms with Crippen LogP contribution in [0.4, 0.5) is 0 Å². The van der Waals surface area contributed by atoms with Crippen molar-refractivity contribution in [1.29, 1.82) is 0 Å². The molecule has 0 aromatic rings. The number of likely N-dealkylation sites (N-methyl/N-ethyl adjacent to an activating group) is 1. The lowest BCUT2D eigenvalue weighted by Crippen LogP contribution is -2.17. The maximum atomic E-state index is 3.83. The number of allylic oxidation sites excluding steroid dienone is 6. The molecule has 0 aromatic carbocycles. The zero-order valence-corrected chi connectivity index (χ0v) is 10.2. The summed E-state index contributed by atoms with van der Waals surface area (Å²) < 4.78 is 0. The fraction of sp³-hybridized carbons (Fsp3) is 0.429. The predicted octanol–water partition coefficient (Wildman–Crippen LogP) is 3.43. The first kappa shape index (κ1) is 11.8. The van der Waals surface area contributed by atoms with Crippen molar-refractivity contribution in [1.82, 2.24) is 5.32 Å². The second-order valence-corrected chi connectivity index (χ2v) is 4.51. The molecule has 0 heterocycles. The van der Waals surface area contributed by atoms with Crippen LogP contribution >= 0.6 is 0 Å². The van der Waals surface area contributed by atoms with Crippen LogP contribution in [0, 0.1) is 11.3 Å². The molecule has 1 aliphatic rings. The van der Waals surface area contributed by atoms with Crippen molar-refractivity contribution in [2.75, 3.05) is 7.05 Å². The normalized spacial score (nSPS) is 25.7. The molecule has 0 saturated carbocycles. The lowest BCUT2D eigenvalue weighted by Gasteiger charge is -2.26. The van der Waals surface area contributed by atoms with Crippen LogP contribution in [0.3, 0.4) is 0 Å². The second kappa shape index (κ2) is 4.52. The van der Waals surface area contributed by atoms with Crippen LogP contribution in [0.2, 0.25) is 0 Å². The Morgan fingerprint density at radius 3 is 2.40 bits per heavy atom. The highest BCUT2D eigenvalue weighted by molar-refractivity contribution is 5.43. The van der Waals surface area contributed by atoms with E-state index in [1.807, 2.05) is 13.1 Å². The van der Waals surface area contributed by atoms with Gasteiger partial charge in [0, 0.05) is 18.2 Å². The van der Waals surface area contributed by atoms with Crippen molar-refractivity contribution < 1.29 is 0 Å². The highest BCUT2D eigenvalue weighted by Gasteiger charge is 2.23. The van der Waals surface area contributed by atoms with Crippen LogP contribution in [-0.2, 0) is 0 Å². The molecule has 1 atom stereocenters. The van der Waals surface area contributed by atoms with E-state index in [1.54, 1.807) is 0 Å². The van der Waals surface area contributed by atoms with Gasteiger partial charge >= 0.3 is 0 Å². The van der Waals surface area contributed by atoms with Crippen molar-refractivity contribution in [3.05, 3.63) is 48.2 Å². The summed E-state index contributed by atoms with van der Waals surface area (Å²) in [7, 11) is 1.94.